The predicted molar refractivity (Wildman–Crippen MR) is 25.5 cm³/mol. The second kappa shape index (κ2) is 4.95. The molecule has 0 spiro atoms. The first kappa shape index (κ1) is 15.7. The van der Waals surface area contributed by atoms with E-state index < -0.39 is 10.4 Å². The SMILES string of the molecule is O=S(=O)(O)O.[SiH4].[Ti]. The van der Waals surface area contributed by atoms with Crippen molar-refractivity contribution >= 4 is 21.4 Å². The van der Waals surface area contributed by atoms with E-state index in [4.69, 9.17) is 17.5 Å². The zero-order chi connectivity index (χ0) is 4.50. The van der Waals surface area contributed by atoms with Crippen LogP contribution in [0.5, 0.6) is 0 Å². The van der Waals surface area contributed by atoms with Crippen LogP contribution in [0.2, 0.25) is 0 Å². The van der Waals surface area contributed by atoms with Crippen molar-refractivity contribution in [3.8, 4) is 0 Å². The van der Waals surface area contributed by atoms with E-state index in [0.29, 0.717) is 0 Å². The third kappa shape index (κ3) is 244. The summed E-state index contributed by atoms with van der Waals surface area (Å²) in [6.07, 6.45) is 0. The zero-order valence-corrected chi connectivity index (χ0v) is 5.00. The minimum atomic E-state index is -4.67. The molecule has 44 valence electrons. The fraction of sp³-hybridized carbons (Fsp3) is 0. The molecule has 0 bridgehead atoms. The van der Waals surface area contributed by atoms with Gasteiger partial charge in [0.1, 0.15) is 0 Å². The first-order chi connectivity index (χ1) is 2.00. The molecule has 4 nitrogen and oxygen atoms in total. The van der Waals surface area contributed by atoms with Crippen molar-refractivity contribution < 1.29 is 39.2 Å². The average Bonchev–Trinajstić information content (AvgIpc) is 0.722. The van der Waals surface area contributed by atoms with E-state index >= 15 is 0 Å². The van der Waals surface area contributed by atoms with Crippen molar-refractivity contribution in [2.45, 2.75) is 0 Å². The maximum absolute atomic E-state index is 8.74. The fourth-order valence-corrected chi connectivity index (χ4v) is 0. The van der Waals surface area contributed by atoms with Crippen LogP contribution in [0.25, 0.3) is 0 Å². The Balaban J connectivity index is -0.0000000800. The van der Waals surface area contributed by atoms with Crippen molar-refractivity contribution in [3.63, 3.8) is 0 Å². The van der Waals surface area contributed by atoms with Gasteiger partial charge < -0.3 is 0 Å². The van der Waals surface area contributed by atoms with Crippen LogP contribution < -0.4 is 0 Å². The molecule has 0 atom stereocenters. The zero-order valence-electron chi connectivity index (χ0n) is 2.62. The first-order valence-corrected chi connectivity index (χ1v) is 2.10. The van der Waals surface area contributed by atoms with Gasteiger partial charge in [-0.2, -0.15) is 8.42 Å². The fourth-order valence-electron chi connectivity index (χ4n) is 0. The third-order valence-corrected chi connectivity index (χ3v) is 0. The standard InChI is InChI=1S/H2O4S.H4Si.Ti/c1-5(2,3)4;;/h(H2,1,2,3,4);1H4;. The predicted octanol–water partition coefficient (Wildman–Crippen LogP) is -2.11. The molecule has 0 aliphatic heterocycles. The van der Waals surface area contributed by atoms with Gasteiger partial charge in [0.25, 0.3) is 0 Å². The topological polar surface area (TPSA) is 74.6 Å². The molecule has 0 aromatic rings. The molecule has 2 N–H and O–H groups in total. The Labute approximate surface area is 60.8 Å². The Morgan fingerprint density at radius 2 is 1.14 bits per heavy atom. The molecule has 0 aliphatic carbocycles. The van der Waals surface area contributed by atoms with Crippen molar-refractivity contribution in [1.82, 2.24) is 0 Å². The van der Waals surface area contributed by atoms with E-state index in [9.17, 15) is 0 Å². The van der Waals surface area contributed by atoms with Crippen LogP contribution in [0.15, 0.2) is 0 Å². The van der Waals surface area contributed by atoms with Gasteiger partial charge in [-0.1, -0.05) is 0 Å². The summed E-state index contributed by atoms with van der Waals surface area (Å²) in [7, 11) is -4.67. The van der Waals surface area contributed by atoms with Gasteiger partial charge in [0.2, 0.25) is 0 Å². The van der Waals surface area contributed by atoms with Gasteiger partial charge in [-0.3, -0.25) is 9.11 Å². The number of hydrogen-bond acceptors (Lipinski definition) is 2. The summed E-state index contributed by atoms with van der Waals surface area (Å²) < 4.78 is 31.6. The Kier molecular flexibility index (Phi) is 11.1. The van der Waals surface area contributed by atoms with E-state index in [1.54, 1.807) is 0 Å². The van der Waals surface area contributed by atoms with E-state index in [0.717, 1.165) is 0 Å². The second-order valence-corrected chi connectivity index (χ2v) is 1.34. The van der Waals surface area contributed by atoms with Crippen molar-refractivity contribution in [1.29, 1.82) is 0 Å². The molecule has 0 radical (unpaired) electrons. The number of rotatable bonds is 0. The van der Waals surface area contributed by atoms with Gasteiger partial charge in [-0.25, -0.2) is 0 Å². The maximum Gasteiger partial charge on any atom is 0.394 e. The summed E-state index contributed by atoms with van der Waals surface area (Å²) >= 11 is 0. The summed E-state index contributed by atoms with van der Waals surface area (Å²) in [6.45, 7) is 0. The Morgan fingerprint density at radius 1 is 1.14 bits per heavy atom. The molecule has 0 rings (SSSR count). The molecular weight excluding hydrogens is 172 g/mol. The third-order valence-electron chi connectivity index (χ3n) is 0. The Morgan fingerprint density at radius 3 is 1.14 bits per heavy atom. The molecule has 0 amide bonds. The summed E-state index contributed by atoms with van der Waals surface area (Å²) in [5.74, 6) is 0. The van der Waals surface area contributed by atoms with Crippen LogP contribution >= 0.6 is 0 Å². The molecule has 0 aliphatic rings. The van der Waals surface area contributed by atoms with Gasteiger partial charge >= 0.3 is 10.4 Å². The summed E-state index contributed by atoms with van der Waals surface area (Å²) in [5.41, 5.74) is 0. The van der Waals surface area contributed by atoms with Crippen LogP contribution in [0.3, 0.4) is 0 Å². The minimum Gasteiger partial charge on any atom is -0.264 e. The normalized spacial score (nSPS) is 8.29. The van der Waals surface area contributed by atoms with Gasteiger partial charge in [-0.15, -0.1) is 0 Å². The molecular formula is H6O4SSiTi. The molecule has 7 heavy (non-hydrogen) atoms. The van der Waals surface area contributed by atoms with E-state index in [1.807, 2.05) is 0 Å². The van der Waals surface area contributed by atoms with Crippen LogP contribution in [-0.4, -0.2) is 28.5 Å². The van der Waals surface area contributed by atoms with Crippen molar-refractivity contribution in [2.75, 3.05) is 0 Å². The van der Waals surface area contributed by atoms with Gasteiger partial charge in [0.15, 0.2) is 0 Å². The van der Waals surface area contributed by atoms with E-state index in [-0.39, 0.29) is 32.7 Å². The van der Waals surface area contributed by atoms with Crippen LogP contribution in [0, 0.1) is 0 Å². The van der Waals surface area contributed by atoms with Gasteiger partial charge in [0, 0.05) is 21.7 Å². The average molecular weight is 178 g/mol. The van der Waals surface area contributed by atoms with Crippen LogP contribution in [0.4, 0.5) is 0 Å². The molecule has 0 saturated carbocycles. The smallest absolute Gasteiger partial charge is 0.264 e. The van der Waals surface area contributed by atoms with E-state index in [1.165, 1.54) is 0 Å². The monoisotopic (exact) mass is 178 g/mol. The molecule has 0 saturated heterocycles. The first-order valence-electron chi connectivity index (χ1n) is 0.698. The molecule has 0 fully saturated rings. The second-order valence-electron chi connectivity index (χ2n) is 0.448. The molecule has 0 aromatic heterocycles. The largest absolute Gasteiger partial charge is 0.394 e. The Hall–Kier alpha value is 0.801. The van der Waals surface area contributed by atoms with Crippen molar-refractivity contribution in [3.05, 3.63) is 0 Å². The minimum absolute atomic E-state index is 0. The van der Waals surface area contributed by atoms with Crippen molar-refractivity contribution in [2.24, 2.45) is 0 Å². The molecule has 0 heterocycles. The quantitative estimate of drug-likeness (QED) is 0.329. The molecule has 7 heteroatoms. The van der Waals surface area contributed by atoms with Crippen LogP contribution in [0.1, 0.15) is 0 Å². The van der Waals surface area contributed by atoms with E-state index in [2.05, 4.69) is 0 Å². The molecule has 0 unspecified atom stereocenters. The summed E-state index contributed by atoms with van der Waals surface area (Å²) in [4.78, 5) is 0. The number of hydrogen-bond donors (Lipinski definition) is 2. The maximum atomic E-state index is 8.74. The van der Waals surface area contributed by atoms with Gasteiger partial charge in [0.05, 0.1) is 0 Å². The summed E-state index contributed by atoms with van der Waals surface area (Å²) in [5, 5.41) is 0. The molecule has 0 aromatic carbocycles. The van der Waals surface area contributed by atoms with Gasteiger partial charge in [-0.05, 0) is 11.0 Å². The summed E-state index contributed by atoms with van der Waals surface area (Å²) in [6, 6.07) is 0. The Bertz CT molecular complexity index is 94.9. The van der Waals surface area contributed by atoms with Crippen LogP contribution in [-0.2, 0) is 32.1 Å².